The first-order chi connectivity index (χ1) is 9.65. The molecular weight excluding hydrogens is 278 g/mol. The van der Waals surface area contributed by atoms with Gasteiger partial charge in [0.1, 0.15) is 11.5 Å². The van der Waals surface area contributed by atoms with Gasteiger partial charge in [0.25, 0.3) is 0 Å². The molecule has 0 aliphatic rings. The van der Waals surface area contributed by atoms with E-state index in [9.17, 15) is 14.5 Å². The summed E-state index contributed by atoms with van der Waals surface area (Å²) in [6.45, 7) is 6.32. The lowest BCUT2D eigenvalue weighted by molar-refractivity contribution is -0.130. The lowest BCUT2D eigenvalue weighted by atomic mass is 10.1. The molecule has 0 unspecified atom stereocenters. The van der Waals surface area contributed by atoms with Gasteiger partial charge in [0.05, 0.1) is 11.7 Å². The van der Waals surface area contributed by atoms with Gasteiger partial charge in [-0.05, 0) is 39.8 Å². The van der Waals surface area contributed by atoms with Crippen LogP contribution in [0, 0.1) is 4.91 Å². The summed E-state index contributed by atoms with van der Waals surface area (Å²) >= 11 is 0. The lowest BCUT2D eigenvalue weighted by Gasteiger charge is -2.22. The van der Waals surface area contributed by atoms with Gasteiger partial charge in [0.2, 0.25) is 0 Å². The Morgan fingerprint density at radius 2 is 1.76 bits per heavy atom. The number of ether oxygens (including phenoxy) is 2. The predicted octanol–water partition coefficient (Wildman–Crippen LogP) is 2.62. The fourth-order valence-electron chi connectivity index (χ4n) is 1.54. The minimum absolute atomic E-state index is 0.0505. The normalized spacial score (nSPS) is 11.1. The molecule has 0 bridgehead atoms. The number of carbonyl (C=O) groups excluding carboxylic acids is 1. The summed E-state index contributed by atoms with van der Waals surface area (Å²) in [7, 11) is 0. The van der Waals surface area contributed by atoms with Crippen LogP contribution in [0.1, 0.15) is 38.1 Å². The Labute approximate surface area is 121 Å². The first kappa shape index (κ1) is 16.6. The summed E-state index contributed by atoms with van der Waals surface area (Å²) < 4.78 is 10.8. The molecule has 0 atom stereocenters. The largest absolute Gasteiger partial charge is 0.491 e. The Kier molecular flexibility index (Phi) is 5.02. The van der Waals surface area contributed by atoms with Crippen molar-refractivity contribution in [3.63, 3.8) is 0 Å². The highest BCUT2D eigenvalue weighted by molar-refractivity contribution is 5.89. The van der Waals surface area contributed by atoms with Gasteiger partial charge in [0, 0.05) is 11.2 Å². The second-order valence-electron chi connectivity index (χ2n) is 5.17. The van der Waals surface area contributed by atoms with Crippen LogP contribution in [0.5, 0.6) is 11.5 Å². The van der Waals surface area contributed by atoms with Gasteiger partial charge in [-0.1, -0.05) is 0 Å². The quantitative estimate of drug-likeness (QED) is 0.809. The maximum absolute atomic E-state index is 11.4. The highest BCUT2D eigenvalue weighted by Gasteiger charge is 2.31. The van der Waals surface area contributed by atoms with Crippen LogP contribution < -0.4 is 9.47 Å². The number of amides is 1. The molecule has 0 aromatic heterocycles. The molecule has 1 rings (SSSR count). The zero-order valence-electron chi connectivity index (χ0n) is 12.2. The Balaban J connectivity index is 3.16. The molecule has 7 heteroatoms. The van der Waals surface area contributed by atoms with E-state index in [0.29, 0.717) is 5.75 Å². The van der Waals surface area contributed by atoms with Crippen molar-refractivity contribution >= 4 is 11.9 Å². The summed E-state index contributed by atoms with van der Waals surface area (Å²) in [6, 6.07) is 4.05. The Bertz CT molecular complexity index is 565. The van der Waals surface area contributed by atoms with Crippen molar-refractivity contribution in [1.82, 2.24) is 0 Å². The van der Waals surface area contributed by atoms with E-state index in [-0.39, 0.29) is 17.4 Å². The predicted molar refractivity (Wildman–Crippen MR) is 74.7 cm³/mol. The molecule has 0 aliphatic heterocycles. The highest BCUT2D eigenvalue weighted by atomic mass is 16.5. The highest BCUT2D eigenvalue weighted by Crippen LogP contribution is 2.27. The zero-order chi connectivity index (χ0) is 16.2. The van der Waals surface area contributed by atoms with Crippen LogP contribution in [-0.2, 0) is 4.79 Å². The maximum Gasteiger partial charge on any atom is 0.335 e. The average Bonchev–Trinajstić information content (AvgIpc) is 2.35. The van der Waals surface area contributed by atoms with E-state index in [1.165, 1.54) is 32.0 Å². The number of hydrogen-bond acceptors (Lipinski definition) is 5. The molecular formula is C14H17NO6. The first-order valence-corrected chi connectivity index (χ1v) is 6.27. The lowest BCUT2D eigenvalue weighted by Crippen LogP contribution is -2.36. The van der Waals surface area contributed by atoms with E-state index in [0.717, 1.165) is 0 Å². The number of hydrogen-bond donors (Lipinski definition) is 1. The Morgan fingerprint density at radius 3 is 2.24 bits per heavy atom. The van der Waals surface area contributed by atoms with Crippen molar-refractivity contribution in [2.75, 3.05) is 0 Å². The first-order valence-electron chi connectivity index (χ1n) is 6.27. The van der Waals surface area contributed by atoms with Gasteiger partial charge >= 0.3 is 11.9 Å². The van der Waals surface area contributed by atoms with Gasteiger partial charge in [-0.15, -0.1) is 4.91 Å². The molecule has 0 saturated heterocycles. The van der Waals surface area contributed by atoms with E-state index in [4.69, 9.17) is 14.6 Å². The van der Waals surface area contributed by atoms with E-state index >= 15 is 0 Å². The van der Waals surface area contributed by atoms with E-state index in [1.807, 2.05) is 0 Å². The van der Waals surface area contributed by atoms with Crippen molar-refractivity contribution in [2.45, 2.75) is 39.4 Å². The monoisotopic (exact) mass is 295 g/mol. The number of carboxylic acids is 1. The number of nitroso groups, excluding NO2 is 1. The van der Waals surface area contributed by atoms with E-state index in [1.54, 1.807) is 13.8 Å². The van der Waals surface area contributed by atoms with Gasteiger partial charge < -0.3 is 14.6 Å². The van der Waals surface area contributed by atoms with Crippen LogP contribution in [0.3, 0.4) is 0 Å². The second kappa shape index (κ2) is 6.34. The van der Waals surface area contributed by atoms with Crippen molar-refractivity contribution in [3.8, 4) is 11.5 Å². The van der Waals surface area contributed by atoms with E-state index < -0.39 is 17.5 Å². The van der Waals surface area contributed by atoms with Crippen LogP contribution in [0.2, 0.25) is 0 Å². The minimum atomic E-state index is -1.49. The number of carbonyl (C=O) groups is 2. The summed E-state index contributed by atoms with van der Waals surface area (Å²) in [5, 5.41) is 11.4. The van der Waals surface area contributed by atoms with Crippen molar-refractivity contribution in [2.24, 2.45) is 5.18 Å². The molecule has 1 aromatic carbocycles. The molecule has 0 spiro atoms. The van der Waals surface area contributed by atoms with Gasteiger partial charge in [-0.25, -0.2) is 4.79 Å². The Morgan fingerprint density at radius 1 is 1.19 bits per heavy atom. The number of benzene rings is 1. The molecule has 1 N–H and O–H groups in total. The van der Waals surface area contributed by atoms with Crippen molar-refractivity contribution < 1.29 is 24.2 Å². The SMILES string of the molecule is CC(C)Oc1cc(OC(C)(C)C(=O)N=O)cc(C(=O)O)c1. The van der Waals surface area contributed by atoms with Crippen molar-refractivity contribution in [3.05, 3.63) is 28.7 Å². The second-order valence-corrected chi connectivity index (χ2v) is 5.17. The fraction of sp³-hybridized carbons (Fsp3) is 0.429. The third-order valence-corrected chi connectivity index (χ3v) is 2.47. The summed E-state index contributed by atoms with van der Waals surface area (Å²) in [6.07, 6.45) is -0.159. The fourth-order valence-corrected chi connectivity index (χ4v) is 1.54. The van der Waals surface area contributed by atoms with Crippen molar-refractivity contribution in [1.29, 1.82) is 0 Å². The van der Waals surface area contributed by atoms with Crippen LogP contribution in [0.4, 0.5) is 0 Å². The van der Waals surface area contributed by atoms with Gasteiger partial charge in [0.15, 0.2) is 5.60 Å². The Hall–Kier alpha value is -2.44. The number of nitrogens with zero attached hydrogens (tertiary/aromatic N) is 1. The third kappa shape index (κ3) is 4.55. The zero-order valence-corrected chi connectivity index (χ0v) is 12.2. The molecule has 21 heavy (non-hydrogen) atoms. The molecule has 114 valence electrons. The standard InChI is InChI=1S/C14H17NO6/c1-8(2)20-10-5-9(12(16)17)6-11(7-10)21-14(3,4)13(18)15-19/h5-8H,1-4H3,(H,16,17). The van der Waals surface area contributed by atoms with Crippen LogP contribution in [-0.4, -0.2) is 28.7 Å². The third-order valence-electron chi connectivity index (χ3n) is 2.47. The molecule has 0 heterocycles. The molecule has 0 radical (unpaired) electrons. The van der Waals surface area contributed by atoms with Gasteiger partial charge in [-0.3, -0.25) is 4.79 Å². The topological polar surface area (TPSA) is 102 Å². The summed E-state index contributed by atoms with van der Waals surface area (Å²) in [4.78, 5) is 32.8. The average molecular weight is 295 g/mol. The molecule has 0 aliphatic carbocycles. The van der Waals surface area contributed by atoms with Crippen LogP contribution in [0.25, 0.3) is 0 Å². The van der Waals surface area contributed by atoms with Crippen LogP contribution in [0.15, 0.2) is 23.4 Å². The number of rotatable bonds is 6. The molecule has 7 nitrogen and oxygen atoms in total. The van der Waals surface area contributed by atoms with Gasteiger partial charge in [-0.2, -0.15) is 0 Å². The smallest absolute Gasteiger partial charge is 0.335 e. The maximum atomic E-state index is 11.4. The van der Waals surface area contributed by atoms with Crippen LogP contribution >= 0.6 is 0 Å². The summed E-state index contributed by atoms with van der Waals surface area (Å²) in [5.74, 6) is -1.75. The minimum Gasteiger partial charge on any atom is -0.491 e. The molecule has 1 amide bonds. The number of aromatic carboxylic acids is 1. The molecule has 1 aromatic rings. The molecule has 0 saturated carbocycles. The summed E-state index contributed by atoms with van der Waals surface area (Å²) in [5.41, 5.74) is -1.54. The molecule has 0 fully saturated rings. The number of carboxylic acid groups (broad SMARTS) is 1. The van der Waals surface area contributed by atoms with E-state index in [2.05, 4.69) is 5.18 Å².